The molecule has 3 rings (SSSR count). The van der Waals surface area contributed by atoms with E-state index in [2.05, 4.69) is 38.2 Å². The number of aryl methyl sites for hydroxylation is 1. The lowest BCUT2D eigenvalue weighted by molar-refractivity contribution is 0.216. The van der Waals surface area contributed by atoms with Crippen LogP contribution in [0.1, 0.15) is 38.2 Å². The van der Waals surface area contributed by atoms with Crippen molar-refractivity contribution in [2.24, 2.45) is 0 Å². The molecule has 0 radical (unpaired) electrons. The van der Waals surface area contributed by atoms with Crippen molar-refractivity contribution < 1.29 is 0 Å². The Morgan fingerprint density at radius 2 is 2.39 bits per heavy atom. The van der Waals surface area contributed by atoms with Gasteiger partial charge < -0.3 is 15.2 Å². The van der Waals surface area contributed by atoms with E-state index in [0.717, 1.165) is 41.9 Å². The summed E-state index contributed by atoms with van der Waals surface area (Å²) in [5.74, 6) is 0.896. The molecule has 6 nitrogen and oxygen atoms in total. The van der Waals surface area contributed by atoms with Crippen LogP contribution < -0.4 is 5.32 Å². The molecule has 2 N–H and O–H groups in total. The van der Waals surface area contributed by atoms with Gasteiger partial charge in [-0.3, -0.25) is 0 Å². The topological polar surface area (TPSA) is 80.6 Å². The van der Waals surface area contributed by atoms with Crippen molar-refractivity contribution in [2.75, 3.05) is 25.0 Å². The molecule has 23 heavy (non-hydrogen) atoms. The van der Waals surface area contributed by atoms with E-state index < -0.39 is 0 Å². The highest BCUT2D eigenvalue weighted by Crippen LogP contribution is 2.26. The summed E-state index contributed by atoms with van der Waals surface area (Å²) in [6.07, 6.45) is 8.37. The molecular weight excluding hydrogens is 288 g/mol. The van der Waals surface area contributed by atoms with Gasteiger partial charge in [0, 0.05) is 25.2 Å². The molecule has 3 heterocycles. The van der Waals surface area contributed by atoms with Crippen LogP contribution in [0.4, 0.5) is 5.82 Å². The molecule has 2 aromatic heterocycles. The molecule has 122 valence electrons. The maximum Gasteiger partial charge on any atom is 0.143 e. The van der Waals surface area contributed by atoms with Crippen LogP contribution in [-0.4, -0.2) is 45.5 Å². The zero-order valence-corrected chi connectivity index (χ0v) is 13.7. The second-order valence-electron chi connectivity index (χ2n) is 6.20. The Balaban J connectivity index is 1.79. The van der Waals surface area contributed by atoms with Crippen LogP contribution in [0.5, 0.6) is 0 Å². The van der Waals surface area contributed by atoms with Gasteiger partial charge in [-0.2, -0.15) is 5.26 Å². The average molecular weight is 312 g/mol. The van der Waals surface area contributed by atoms with Gasteiger partial charge in [0.2, 0.25) is 0 Å². The number of nitrogens with zero attached hydrogens (tertiary/aromatic N) is 4. The lowest BCUT2D eigenvalue weighted by atomic mass is 10.0. The van der Waals surface area contributed by atoms with Gasteiger partial charge in [-0.1, -0.05) is 6.92 Å². The first-order valence-electron chi connectivity index (χ1n) is 8.48. The van der Waals surface area contributed by atoms with E-state index in [1.54, 1.807) is 6.33 Å². The normalized spacial score (nSPS) is 18.9. The zero-order chi connectivity index (χ0) is 16.1. The molecule has 0 aromatic carbocycles. The van der Waals surface area contributed by atoms with Gasteiger partial charge in [0.15, 0.2) is 0 Å². The van der Waals surface area contributed by atoms with Crippen LogP contribution in [-0.2, 0) is 6.42 Å². The van der Waals surface area contributed by atoms with E-state index in [0.29, 0.717) is 12.5 Å². The minimum Gasteiger partial charge on any atom is -0.365 e. The molecule has 0 aliphatic carbocycles. The second kappa shape index (κ2) is 7.42. The Labute approximate surface area is 136 Å². The number of fused-ring (bicyclic) bond motifs is 1. The lowest BCUT2D eigenvalue weighted by Gasteiger charge is -2.33. The smallest absolute Gasteiger partial charge is 0.143 e. The fourth-order valence-corrected chi connectivity index (χ4v) is 3.41. The highest BCUT2D eigenvalue weighted by molar-refractivity contribution is 5.90. The largest absolute Gasteiger partial charge is 0.365 e. The molecule has 0 saturated carbocycles. The molecule has 0 amide bonds. The van der Waals surface area contributed by atoms with Gasteiger partial charge in [-0.15, -0.1) is 0 Å². The molecule has 6 heteroatoms. The summed E-state index contributed by atoms with van der Waals surface area (Å²) >= 11 is 0. The summed E-state index contributed by atoms with van der Waals surface area (Å²) in [6, 6.07) is 2.63. The molecule has 1 fully saturated rings. The first-order valence-corrected chi connectivity index (χ1v) is 8.48. The summed E-state index contributed by atoms with van der Waals surface area (Å²) in [4.78, 5) is 14.5. The predicted octanol–water partition coefficient (Wildman–Crippen LogP) is 2.70. The van der Waals surface area contributed by atoms with E-state index >= 15 is 0 Å². The first-order chi connectivity index (χ1) is 11.3. The Kier molecular flexibility index (Phi) is 5.09. The molecule has 1 aliphatic rings. The number of nitrogens with one attached hydrogen (secondary N) is 2. The minimum atomic E-state index is 0.423. The van der Waals surface area contributed by atoms with Gasteiger partial charge in [0.1, 0.15) is 17.8 Å². The molecule has 0 unspecified atom stereocenters. The van der Waals surface area contributed by atoms with Crippen LogP contribution >= 0.6 is 0 Å². The number of anilines is 1. The van der Waals surface area contributed by atoms with Crippen LogP contribution in [0.25, 0.3) is 11.0 Å². The quantitative estimate of drug-likeness (QED) is 0.857. The number of hydrogen-bond donors (Lipinski definition) is 2. The van der Waals surface area contributed by atoms with Crippen molar-refractivity contribution in [3.8, 4) is 6.07 Å². The fourth-order valence-electron chi connectivity index (χ4n) is 3.41. The fraction of sp³-hybridized carbons (Fsp3) is 0.588. The molecule has 0 spiro atoms. The molecule has 2 aromatic rings. The van der Waals surface area contributed by atoms with Crippen molar-refractivity contribution in [1.82, 2.24) is 19.9 Å². The molecular formula is C17H24N6. The number of nitriles is 1. The zero-order valence-electron chi connectivity index (χ0n) is 13.7. The third-order valence-electron chi connectivity index (χ3n) is 4.44. The highest BCUT2D eigenvalue weighted by Gasteiger charge is 2.21. The van der Waals surface area contributed by atoms with Gasteiger partial charge in [-0.25, -0.2) is 9.97 Å². The maximum atomic E-state index is 8.83. The molecule has 1 saturated heterocycles. The molecule has 1 aliphatic heterocycles. The summed E-state index contributed by atoms with van der Waals surface area (Å²) in [5, 5.41) is 13.5. The average Bonchev–Trinajstić information content (AvgIpc) is 2.98. The molecule has 0 bridgehead atoms. The van der Waals surface area contributed by atoms with Crippen molar-refractivity contribution in [1.29, 1.82) is 5.26 Å². The number of aromatic nitrogens is 3. The Morgan fingerprint density at radius 3 is 3.22 bits per heavy atom. The molecule has 1 atom stereocenters. The Morgan fingerprint density at radius 1 is 1.48 bits per heavy atom. The number of H-pyrrole nitrogens is 1. The predicted molar refractivity (Wildman–Crippen MR) is 91.2 cm³/mol. The van der Waals surface area contributed by atoms with Crippen molar-refractivity contribution in [3.63, 3.8) is 0 Å². The third-order valence-corrected chi connectivity index (χ3v) is 4.44. The van der Waals surface area contributed by atoms with Crippen LogP contribution in [0.3, 0.4) is 0 Å². The van der Waals surface area contributed by atoms with E-state index in [9.17, 15) is 0 Å². The highest BCUT2D eigenvalue weighted by atomic mass is 15.2. The number of likely N-dealkylation sites (tertiary alicyclic amines) is 1. The number of piperidine rings is 1. The number of rotatable bonds is 6. The van der Waals surface area contributed by atoms with Gasteiger partial charge >= 0.3 is 0 Å². The van der Waals surface area contributed by atoms with E-state index in [4.69, 9.17) is 5.26 Å². The van der Waals surface area contributed by atoms with Crippen molar-refractivity contribution in [2.45, 2.75) is 45.1 Å². The van der Waals surface area contributed by atoms with E-state index in [1.165, 1.54) is 25.8 Å². The Hall–Kier alpha value is -2.13. The number of aromatic amines is 1. The Bertz CT molecular complexity index is 684. The first kappa shape index (κ1) is 15.8. The van der Waals surface area contributed by atoms with Crippen LogP contribution in [0.2, 0.25) is 0 Å². The van der Waals surface area contributed by atoms with Gasteiger partial charge in [0.05, 0.1) is 11.5 Å². The summed E-state index contributed by atoms with van der Waals surface area (Å²) in [6.45, 7) is 5.65. The summed E-state index contributed by atoms with van der Waals surface area (Å²) in [5.41, 5.74) is 1.96. The lowest BCUT2D eigenvalue weighted by Crippen LogP contribution is -2.42. The van der Waals surface area contributed by atoms with Gasteiger partial charge in [-0.05, 0) is 44.3 Å². The van der Waals surface area contributed by atoms with Gasteiger partial charge in [0.25, 0.3) is 0 Å². The number of hydrogen-bond acceptors (Lipinski definition) is 5. The van der Waals surface area contributed by atoms with Crippen molar-refractivity contribution >= 4 is 16.9 Å². The van der Waals surface area contributed by atoms with Crippen LogP contribution in [0, 0.1) is 11.3 Å². The summed E-state index contributed by atoms with van der Waals surface area (Å²) < 4.78 is 0. The summed E-state index contributed by atoms with van der Waals surface area (Å²) in [7, 11) is 0. The monoisotopic (exact) mass is 312 g/mol. The third kappa shape index (κ3) is 3.62. The SMILES string of the molecule is CCCN1CCC[C@@H](Nc2ncnc3[nH]cc(CCC#N)c23)C1. The maximum absolute atomic E-state index is 8.83. The second-order valence-corrected chi connectivity index (χ2v) is 6.20. The van der Waals surface area contributed by atoms with Crippen LogP contribution in [0.15, 0.2) is 12.5 Å². The van der Waals surface area contributed by atoms with Crippen molar-refractivity contribution in [3.05, 3.63) is 18.1 Å². The minimum absolute atomic E-state index is 0.423. The standard InChI is InChI=1S/C17H24N6/c1-2-8-23-9-4-6-14(11-23)22-17-15-13(5-3-7-18)10-19-16(15)20-12-21-17/h10,12,14H,2-6,8-9,11H2,1H3,(H2,19,20,21,22)/t14-/m1/s1. The van der Waals surface area contributed by atoms with E-state index in [-0.39, 0.29) is 0 Å². The van der Waals surface area contributed by atoms with E-state index in [1.807, 2.05) is 6.20 Å².